The van der Waals surface area contributed by atoms with E-state index in [-0.39, 0.29) is 0 Å². The van der Waals surface area contributed by atoms with Crippen LogP contribution in [0.2, 0.25) is 0 Å². The predicted octanol–water partition coefficient (Wildman–Crippen LogP) is 0.491. The van der Waals surface area contributed by atoms with E-state index in [1.165, 1.54) is 63.2 Å². The zero-order valence-corrected chi connectivity index (χ0v) is 13.9. The van der Waals surface area contributed by atoms with Crippen LogP contribution < -0.4 is 9.80 Å². The van der Waals surface area contributed by atoms with Crippen molar-refractivity contribution in [2.24, 2.45) is 17.8 Å². The van der Waals surface area contributed by atoms with Crippen molar-refractivity contribution >= 4 is 0 Å². The molecule has 1 aromatic rings. The van der Waals surface area contributed by atoms with Gasteiger partial charge in [0.25, 0.3) is 0 Å². The quantitative estimate of drug-likeness (QED) is 0.749. The van der Waals surface area contributed by atoms with E-state index >= 15 is 0 Å². The van der Waals surface area contributed by atoms with Crippen molar-refractivity contribution in [3.63, 3.8) is 0 Å². The number of benzene rings is 1. The number of hydrogen-bond acceptors (Lipinski definition) is 0. The zero-order chi connectivity index (χ0) is 14.9. The van der Waals surface area contributed by atoms with Gasteiger partial charge in [0, 0.05) is 11.5 Å². The first-order valence-corrected chi connectivity index (χ1v) is 9.17. The van der Waals surface area contributed by atoms with E-state index in [9.17, 15) is 0 Å². The summed E-state index contributed by atoms with van der Waals surface area (Å²) >= 11 is 0. The summed E-state index contributed by atoms with van der Waals surface area (Å²) in [6, 6.07) is 9.05. The molecule has 3 atom stereocenters. The van der Waals surface area contributed by atoms with Crippen LogP contribution in [0.1, 0.15) is 24.0 Å². The lowest BCUT2D eigenvalue weighted by atomic mass is 9.93. The standard InChI is InChI=1S/C20H28N2/c1-16-3-2-4-18(11-16)14-21-7-9-22(10-8-21)15-20-13-17-5-6-19(20)12-17/h2-6,11,17,19-20H,7-10,12-15H2,1H3/p+2/t17-,19-,20+/m0/s1. The lowest BCUT2D eigenvalue weighted by Crippen LogP contribution is -3.27. The van der Waals surface area contributed by atoms with E-state index in [0.29, 0.717) is 0 Å². The van der Waals surface area contributed by atoms with Crippen LogP contribution in [0.5, 0.6) is 0 Å². The van der Waals surface area contributed by atoms with E-state index in [2.05, 4.69) is 43.3 Å². The van der Waals surface area contributed by atoms with Gasteiger partial charge in [-0.3, -0.25) is 0 Å². The summed E-state index contributed by atoms with van der Waals surface area (Å²) in [5.41, 5.74) is 2.90. The molecule has 2 nitrogen and oxygen atoms in total. The van der Waals surface area contributed by atoms with Gasteiger partial charge in [-0.2, -0.15) is 0 Å². The van der Waals surface area contributed by atoms with Gasteiger partial charge in [0.15, 0.2) is 0 Å². The van der Waals surface area contributed by atoms with Gasteiger partial charge in [-0.25, -0.2) is 0 Å². The summed E-state index contributed by atoms with van der Waals surface area (Å²) in [6.07, 6.45) is 7.92. The number of rotatable bonds is 4. The Hall–Kier alpha value is -1.12. The molecule has 22 heavy (non-hydrogen) atoms. The van der Waals surface area contributed by atoms with E-state index < -0.39 is 0 Å². The molecule has 2 fully saturated rings. The van der Waals surface area contributed by atoms with Crippen LogP contribution in [-0.2, 0) is 6.54 Å². The first-order chi connectivity index (χ1) is 10.8. The Balaban J connectivity index is 1.25. The van der Waals surface area contributed by atoms with Crippen molar-refractivity contribution in [2.75, 3.05) is 32.7 Å². The number of piperazine rings is 1. The van der Waals surface area contributed by atoms with Crippen molar-refractivity contribution in [2.45, 2.75) is 26.3 Å². The molecular formula is C20H30N2+2. The molecule has 0 unspecified atom stereocenters. The Labute approximate surface area is 134 Å². The summed E-state index contributed by atoms with van der Waals surface area (Å²) in [7, 11) is 0. The van der Waals surface area contributed by atoms with Crippen LogP contribution in [0, 0.1) is 24.7 Å². The van der Waals surface area contributed by atoms with E-state index in [1.54, 1.807) is 4.90 Å². The van der Waals surface area contributed by atoms with Crippen molar-refractivity contribution in [1.29, 1.82) is 0 Å². The molecule has 0 radical (unpaired) electrons. The molecule has 1 saturated heterocycles. The monoisotopic (exact) mass is 298 g/mol. The maximum atomic E-state index is 2.51. The molecule has 2 heteroatoms. The van der Waals surface area contributed by atoms with Crippen LogP contribution in [0.25, 0.3) is 0 Å². The first-order valence-electron chi connectivity index (χ1n) is 9.17. The highest BCUT2D eigenvalue weighted by atomic mass is 15.3. The van der Waals surface area contributed by atoms with Crippen molar-refractivity contribution in [3.05, 3.63) is 47.5 Å². The second-order valence-electron chi connectivity index (χ2n) is 7.91. The highest BCUT2D eigenvalue weighted by Crippen LogP contribution is 2.42. The average Bonchev–Trinajstić information content (AvgIpc) is 3.12. The number of aryl methyl sites for hydroxylation is 1. The second kappa shape index (κ2) is 6.17. The highest BCUT2D eigenvalue weighted by Gasteiger charge is 2.38. The lowest BCUT2D eigenvalue weighted by Gasteiger charge is -2.32. The summed E-state index contributed by atoms with van der Waals surface area (Å²) in [4.78, 5) is 3.65. The molecule has 2 bridgehead atoms. The molecule has 1 heterocycles. The van der Waals surface area contributed by atoms with Crippen LogP contribution >= 0.6 is 0 Å². The maximum Gasteiger partial charge on any atom is 0.127 e. The number of hydrogen-bond donors (Lipinski definition) is 2. The normalized spacial score (nSPS) is 36.9. The molecule has 0 aromatic heterocycles. The van der Waals surface area contributed by atoms with E-state index in [4.69, 9.17) is 0 Å². The van der Waals surface area contributed by atoms with Crippen molar-refractivity contribution in [1.82, 2.24) is 0 Å². The average molecular weight is 298 g/mol. The number of nitrogens with one attached hydrogen (secondary N) is 2. The number of quaternary nitrogens is 2. The van der Waals surface area contributed by atoms with Gasteiger partial charge in [-0.05, 0) is 31.6 Å². The van der Waals surface area contributed by atoms with Gasteiger partial charge in [-0.1, -0.05) is 42.0 Å². The Morgan fingerprint density at radius 2 is 1.82 bits per heavy atom. The fourth-order valence-electron chi connectivity index (χ4n) is 4.95. The Morgan fingerprint density at radius 3 is 2.50 bits per heavy atom. The molecule has 2 N–H and O–H groups in total. The molecule has 1 aromatic carbocycles. The molecule has 118 valence electrons. The third kappa shape index (κ3) is 3.13. The Bertz CT molecular complexity index is 542. The minimum Gasteiger partial charge on any atom is -0.325 e. The predicted molar refractivity (Wildman–Crippen MR) is 90.0 cm³/mol. The summed E-state index contributed by atoms with van der Waals surface area (Å²) < 4.78 is 0. The molecule has 0 amide bonds. The topological polar surface area (TPSA) is 8.88 Å². The van der Waals surface area contributed by atoms with E-state index in [0.717, 1.165) is 17.8 Å². The lowest BCUT2D eigenvalue weighted by molar-refractivity contribution is -1.02. The minimum atomic E-state index is 0.926. The van der Waals surface area contributed by atoms with Gasteiger partial charge in [0.2, 0.25) is 0 Å². The van der Waals surface area contributed by atoms with Gasteiger partial charge < -0.3 is 9.80 Å². The van der Waals surface area contributed by atoms with Crippen molar-refractivity contribution < 1.29 is 9.80 Å². The van der Waals surface area contributed by atoms with Crippen molar-refractivity contribution in [3.8, 4) is 0 Å². The molecule has 4 rings (SSSR count). The third-order valence-electron chi connectivity index (χ3n) is 6.17. The third-order valence-corrected chi connectivity index (χ3v) is 6.17. The molecule has 1 aliphatic heterocycles. The summed E-state index contributed by atoms with van der Waals surface area (Å²) in [6.45, 7) is 10.3. The molecule has 0 spiro atoms. The van der Waals surface area contributed by atoms with Gasteiger partial charge in [-0.15, -0.1) is 0 Å². The van der Waals surface area contributed by atoms with Crippen LogP contribution in [0.15, 0.2) is 36.4 Å². The maximum absolute atomic E-state index is 2.51. The SMILES string of the molecule is Cc1cccc(C[NH+]2CC[NH+](C[C@H]3C[C@H]4C=C[C@H]3C4)CC2)c1. The highest BCUT2D eigenvalue weighted by molar-refractivity contribution is 5.21. The smallest absolute Gasteiger partial charge is 0.127 e. The summed E-state index contributed by atoms with van der Waals surface area (Å²) in [5.74, 6) is 2.85. The molecule has 2 aliphatic carbocycles. The molecule has 3 aliphatic rings. The van der Waals surface area contributed by atoms with Crippen LogP contribution in [-0.4, -0.2) is 32.7 Å². The van der Waals surface area contributed by atoms with Crippen LogP contribution in [0.3, 0.4) is 0 Å². The first kappa shape index (κ1) is 14.5. The summed E-state index contributed by atoms with van der Waals surface area (Å²) in [5, 5.41) is 0. The van der Waals surface area contributed by atoms with E-state index in [1.807, 2.05) is 4.90 Å². The number of allylic oxidation sites excluding steroid dienone is 2. The molecular weight excluding hydrogens is 268 g/mol. The number of fused-ring (bicyclic) bond motifs is 2. The van der Waals surface area contributed by atoms with Crippen LogP contribution in [0.4, 0.5) is 0 Å². The Kier molecular flexibility index (Phi) is 4.06. The fourth-order valence-corrected chi connectivity index (χ4v) is 4.95. The van der Waals surface area contributed by atoms with Gasteiger partial charge >= 0.3 is 0 Å². The fraction of sp³-hybridized carbons (Fsp3) is 0.600. The van der Waals surface area contributed by atoms with Gasteiger partial charge in [0.05, 0.1) is 6.54 Å². The second-order valence-corrected chi connectivity index (χ2v) is 7.91. The molecule has 1 saturated carbocycles. The zero-order valence-electron chi connectivity index (χ0n) is 13.9. The largest absolute Gasteiger partial charge is 0.325 e. The minimum absolute atomic E-state index is 0.926. The van der Waals surface area contributed by atoms with Gasteiger partial charge in [0.1, 0.15) is 32.7 Å². The Morgan fingerprint density at radius 1 is 1.00 bits per heavy atom.